The molecule has 4 nitrogen and oxygen atoms in total. The van der Waals surface area contributed by atoms with Crippen LogP contribution in [0.25, 0.3) is 0 Å². The van der Waals surface area contributed by atoms with Crippen LogP contribution in [-0.2, 0) is 4.79 Å². The number of rotatable bonds is 3. The molecular formula is C11H18N2O2S2. The number of amides is 3. The van der Waals surface area contributed by atoms with Gasteiger partial charge in [0, 0.05) is 23.6 Å². The summed E-state index contributed by atoms with van der Waals surface area (Å²) in [6.45, 7) is 0.562. The molecule has 17 heavy (non-hydrogen) atoms. The number of hydrogen-bond donors (Lipinski definition) is 3. The number of imide groups is 1. The highest BCUT2D eigenvalue weighted by molar-refractivity contribution is 7.84. The van der Waals surface area contributed by atoms with E-state index in [0.29, 0.717) is 12.3 Å². The number of fused-ring (bicyclic) bond motifs is 1. The van der Waals surface area contributed by atoms with E-state index in [1.165, 1.54) is 0 Å². The molecule has 1 saturated carbocycles. The number of nitrogens with zero attached hydrogens (tertiary/aromatic N) is 1. The Kier molecular flexibility index (Phi) is 4.25. The van der Waals surface area contributed by atoms with Gasteiger partial charge in [0.15, 0.2) is 0 Å². The van der Waals surface area contributed by atoms with E-state index >= 15 is 0 Å². The van der Waals surface area contributed by atoms with Crippen LogP contribution in [0.1, 0.15) is 25.7 Å². The Bertz CT molecular complexity index is 325. The quantitative estimate of drug-likeness (QED) is 0.680. The van der Waals surface area contributed by atoms with Crippen LogP contribution in [0.5, 0.6) is 0 Å². The number of urea groups is 1. The maximum atomic E-state index is 11.8. The first-order chi connectivity index (χ1) is 8.13. The van der Waals surface area contributed by atoms with Gasteiger partial charge in [-0.25, -0.2) is 4.79 Å². The van der Waals surface area contributed by atoms with Crippen molar-refractivity contribution >= 4 is 37.2 Å². The lowest BCUT2D eigenvalue weighted by Crippen LogP contribution is -2.62. The zero-order valence-corrected chi connectivity index (χ0v) is 11.4. The van der Waals surface area contributed by atoms with Crippen LogP contribution in [0.15, 0.2) is 0 Å². The van der Waals surface area contributed by atoms with Gasteiger partial charge in [-0.15, -0.1) is 0 Å². The van der Waals surface area contributed by atoms with Crippen molar-refractivity contribution in [1.29, 1.82) is 0 Å². The number of nitrogens with one attached hydrogen (secondary N) is 1. The molecule has 0 radical (unpaired) electrons. The minimum atomic E-state index is -0.265. The zero-order valence-electron chi connectivity index (χ0n) is 9.63. The fraction of sp³-hybridized carbons (Fsp3) is 0.818. The molecule has 96 valence electrons. The van der Waals surface area contributed by atoms with E-state index in [-0.39, 0.29) is 29.1 Å². The molecule has 3 amide bonds. The van der Waals surface area contributed by atoms with Crippen molar-refractivity contribution < 1.29 is 9.59 Å². The average Bonchev–Trinajstić information content (AvgIpc) is 2.34. The topological polar surface area (TPSA) is 49.4 Å². The molecule has 1 aliphatic carbocycles. The maximum absolute atomic E-state index is 11.8. The molecule has 0 aromatic carbocycles. The Hall–Kier alpha value is -0.360. The molecule has 1 N–H and O–H groups in total. The van der Waals surface area contributed by atoms with Crippen molar-refractivity contribution in [3.63, 3.8) is 0 Å². The molecule has 6 heteroatoms. The highest BCUT2D eigenvalue weighted by atomic mass is 32.1. The van der Waals surface area contributed by atoms with Crippen LogP contribution in [0, 0.1) is 5.92 Å². The highest BCUT2D eigenvalue weighted by Crippen LogP contribution is 2.31. The van der Waals surface area contributed by atoms with E-state index in [4.69, 9.17) is 0 Å². The van der Waals surface area contributed by atoms with Gasteiger partial charge in [0.25, 0.3) is 0 Å². The van der Waals surface area contributed by atoms with E-state index in [0.717, 1.165) is 25.7 Å². The van der Waals surface area contributed by atoms with Gasteiger partial charge in [0.2, 0.25) is 5.91 Å². The van der Waals surface area contributed by atoms with Crippen molar-refractivity contribution in [2.45, 2.75) is 37.0 Å². The molecule has 1 saturated heterocycles. The largest absolute Gasteiger partial charge is 0.324 e. The van der Waals surface area contributed by atoms with Crippen LogP contribution in [0.2, 0.25) is 0 Å². The van der Waals surface area contributed by atoms with Crippen LogP contribution in [-0.4, -0.2) is 40.4 Å². The molecule has 2 rings (SSSR count). The lowest BCUT2D eigenvalue weighted by Gasteiger charge is -2.43. The minimum absolute atomic E-state index is 0.0260. The van der Waals surface area contributed by atoms with E-state index in [1.54, 1.807) is 4.90 Å². The average molecular weight is 274 g/mol. The molecule has 0 aromatic rings. The van der Waals surface area contributed by atoms with Crippen molar-refractivity contribution in [1.82, 2.24) is 10.2 Å². The van der Waals surface area contributed by atoms with Gasteiger partial charge in [0.1, 0.15) is 0 Å². The zero-order chi connectivity index (χ0) is 12.4. The van der Waals surface area contributed by atoms with Gasteiger partial charge < -0.3 is 4.90 Å². The lowest BCUT2D eigenvalue weighted by atomic mass is 9.81. The molecule has 3 atom stereocenters. The predicted octanol–water partition coefficient (Wildman–Crippen LogP) is 1.33. The van der Waals surface area contributed by atoms with E-state index < -0.39 is 0 Å². The number of hydrogen-bond acceptors (Lipinski definition) is 4. The monoisotopic (exact) mass is 274 g/mol. The Morgan fingerprint density at radius 3 is 2.76 bits per heavy atom. The van der Waals surface area contributed by atoms with Crippen LogP contribution >= 0.6 is 25.3 Å². The molecule has 1 aliphatic heterocycles. The summed E-state index contributed by atoms with van der Waals surface area (Å²) in [5, 5.41) is 2.50. The van der Waals surface area contributed by atoms with Gasteiger partial charge in [-0.2, -0.15) is 25.3 Å². The van der Waals surface area contributed by atoms with Crippen molar-refractivity contribution in [3.05, 3.63) is 0 Å². The summed E-state index contributed by atoms with van der Waals surface area (Å²) < 4.78 is 0. The summed E-state index contributed by atoms with van der Waals surface area (Å²) in [5.74, 6) is 0.498. The third-order valence-electron chi connectivity index (χ3n) is 3.58. The minimum Gasteiger partial charge on any atom is -0.320 e. The fourth-order valence-electron chi connectivity index (χ4n) is 2.71. The number of thiol groups is 2. The van der Waals surface area contributed by atoms with Crippen LogP contribution in [0.3, 0.4) is 0 Å². The summed E-state index contributed by atoms with van der Waals surface area (Å²) in [4.78, 5) is 25.4. The lowest BCUT2D eigenvalue weighted by molar-refractivity contribution is -0.129. The fourth-order valence-corrected chi connectivity index (χ4v) is 3.01. The van der Waals surface area contributed by atoms with Crippen LogP contribution in [0.4, 0.5) is 4.79 Å². The maximum Gasteiger partial charge on any atom is 0.324 e. The summed E-state index contributed by atoms with van der Waals surface area (Å²) in [6.07, 6.45) is 3.99. The summed E-state index contributed by atoms with van der Waals surface area (Å²) in [5.41, 5.74) is 0. The number of carbonyl (C=O) groups is 2. The van der Waals surface area contributed by atoms with Crippen molar-refractivity contribution in [3.8, 4) is 0 Å². The van der Waals surface area contributed by atoms with E-state index in [2.05, 4.69) is 30.6 Å². The SMILES string of the molecule is O=C1NC(=O)N(CC(S)CS)C2CCCCC12. The number of carbonyl (C=O) groups excluding carboxylic acids is 2. The highest BCUT2D eigenvalue weighted by Gasteiger charge is 2.42. The van der Waals surface area contributed by atoms with Gasteiger partial charge in [-0.1, -0.05) is 12.8 Å². The first-order valence-electron chi connectivity index (χ1n) is 6.04. The smallest absolute Gasteiger partial charge is 0.320 e. The Labute approximate surface area is 112 Å². The van der Waals surface area contributed by atoms with Gasteiger partial charge in [0.05, 0.1) is 5.92 Å². The molecule has 2 fully saturated rings. The second-order valence-electron chi connectivity index (χ2n) is 4.74. The van der Waals surface area contributed by atoms with E-state index in [9.17, 15) is 9.59 Å². The standard InChI is InChI=1S/C11H18N2O2S2/c14-10-8-3-1-2-4-9(8)13(11(15)12-10)5-7(17)6-16/h7-9,16-17H,1-6H2,(H,12,14,15). The molecule has 3 unspecified atom stereocenters. The second-order valence-corrected chi connectivity index (χ2v) is 5.84. The molecule has 2 aliphatic rings. The Morgan fingerprint density at radius 1 is 1.35 bits per heavy atom. The summed E-state index contributed by atoms with van der Waals surface area (Å²) in [6, 6.07) is -0.196. The first-order valence-corrected chi connectivity index (χ1v) is 7.18. The van der Waals surface area contributed by atoms with Gasteiger partial charge in [-0.3, -0.25) is 10.1 Å². The van der Waals surface area contributed by atoms with Gasteiger partial charge >= 0.3 is 6.03 Å². The van der Waals surface area contributed by atoms with Gasteiger partial charge in [-0.05, 0) is 12.8 Å². The molecular weight excluding hydrogens is 256 g/mol. The molecule has 0 bridgehead atoms. The van der Waals surface area contributed by atoms with E-state index in [1.807, 2.05) is 0 Å². The predicted molar refractivity (Wildman–Crippen MR) is 72.6 cm³/mol. The molecule has 1 heterocycles. The summed E-state index contributed by atoms with van der Waals surface area (Å²) >= 11 is 8.56. The van der Waals surface area contributed by atoms with Crippen LogP contribution < -0.4 is 5.32 Å². The Morgan fingerprint density at radius 2 is 2.06 bits per heavy atom. The second kappa shape index (κ2) is 5.52. The molecule has 0 spiro atoms. The Balaban J connectivity index is 2.11. The summed E-state index contributed by atoms with van der Waals surface area (Å²) in [7, 11) is 0. The van der Waals surface area contributed by atoms with Crippen molar-refractivity contribution in [2.24, 2.45) is 5.92 Å². The van der Waals surface area contributed by atoms with Crippen molar-refractivity contribution in [2.75, 3.05) is 12.3 Å². The third kappa shape index (κ3) is 2.73. The normalized spacial score (nSPS) is 30.8. The third-order valence-corrected chi connectivity index (χ3v) is 4.65. The first kappa shape index (κ1) is 13.1. The molecule has 0 aromatic heterocycles.